The molecule has 5 nitrogen and oxygen atoms in total. The van der Waals surface area contributed by atoms with Gasteiger partial charge in [-0.05, 0) is 30.9 Å². The molecule has 0 saturated heterocycles. The van der Waals surface area contributed by atoms with E-state index in [-0.39, 0.29) is 11.8 Å². The lowest BCUT2D eigenvalue weighted by Gasteiger charge is -2.17. The van der Waals surface area contributed by atoms with E-state index in [1.807, 2.05) is 6.08 Å². The number of nitrogens with two attached hydrogens (primary N) is 1. The number of aromatic nitrogens is 2. The molecule has 3 rings (SSSR count). The Morgan fingerprint density at radius 2 is 2.25 bits per heavy atom. The number of thiophene rings is 1. The van der Waals surface area contributed by atoms with E-state index in [0.29, 0.717) is 4.88 Å². The Bertz CT molecular complexity index is 699. The third kappa shape index (κ3) is 2.46. The molecule has 0 aliphatic heterocycles. The lowest BCUT2D eigenvalue weighted by atomic mass is 9.92. The first-order valence-electron chi connectivity index (χ1n) is 6.43. The summed E-state index contributed by atoms with van der Waals surface area (Å²) in [5.41, 5.74) is 8.09. The van der Waals surface area contributed by atoms with E-state index in [4.69, 9.17) is 5.73 Å². The van der Waals surface area contributed by atoms with Gasteiger partial charge in [-0.15, -0.1) is 11.3 Å². The van der Waals surface area contributed by atoms with E-state index in [1.54, 1.807) is 18.5 Å². The summed E-state index contributed by atoms with van der Waals surface area (Å²) in [6.07, 6.45) is 6.85. The molecule has 0 spiro atoms. The summed E-state index contributed by atoms with van der Waals surface area (Å²) < 4.78 is 0. The number of rotatable bonds is 1. The number of carbonyl (C=O) groups excluding carboxylic acids is 1. The zero-order chi connectivity index (χ0) is 14.1. The summed E-state index contributed by atoms with van der Waals surface area (Å²) in [5, 5.41) is 0. The quantitative estimate of drug-likeness (QED) is 0.873. The second-order valence-corrected chi connectivity index (χ2v) is 5.89. The first kappa shape index (κ1) is 12.9. The third-order valence-electron chi connectivity index (χ3n) is 3.31. The molecule has 0 bridgehead atoms. The van der Waals surface area contributed by atoms with Gasteiger partial charge >= 0.3 is 0 Å². The average Bonchev–Trinajstić information content (AvgIpc) is 2.87. The number of carbonyl (C=O) groups is 1. The molecular formula is C14H14N4OS. The Kier molecular flexibility index (Phi) is 3.31. The number of hydrogen-bond donors (Lipinski definition) is 1. The normalized spacial score (nSPS) is 21.1. The van der Waals surface area contributed by atoms with Crippen molar-refractivity contribution >= 4 is 33.3 Å². The summed E-state index contributed by atoms with van der Waals surface area (Å²) in [4.78, 5) is 26.1. The third-order valence-corrected chi connectivity index (χ3v) is 4.33. The molecule has 20 heavy (non-hydrogen) atoms. The molecule has 2 N–H and O–H groups in total. The van der Waals surface area contributed by atoms with E-state index < -0.39 is 0 Å². The fraction of sp³-hybridized carbons (Fsp3) is 0.286. The van der Waals surface area contributed by atoms with Gasteiger partial charge in [0.2, 0.25) is 0 Å². The Balaban J connectivity index is 1.94. The van der Waals surface area contributed by atoms with Crippen LogP contribution in [0.5, 0.6) is 0 Å². The van der Waals surface area contributed by atoms with Crippen LogP contribution >= 0.6 is 11.3 Å². The summed E-state index contributed by atoms with van der Waals surface area (Å²) in [7, 11) is 0. The monoisotopic (exact) mass is 286 g/mol. The molecule has 2 aromatic rings. The lowest BCUT2D eigenvalue weighted by Crippen LogP contribution is -2.19. The van der Waals surface area contributed by atoms with Crippen molar-refractivity contribution in [3.63, 3.8) is 0 Å². The maximum Gasteiger partial charge on any atom is 0.287 e. The number of allylic oxidation sites excluding steroid dienone is 2. The van der Waals surface area contributed by atoms with E-state index in [0.717, 1.165) is 34.6 Å². The van der Waals surface area contributed by atoms with Crippen molar-refractivity contribution < 1.29 is 4.79 Å². The van der Waals surface area contributed by atoms with Gasteiger partial charge in [-0.3, -0.25) is 9.78 Å². The van der Waals surface area contributed by atoms with Gasteiger partial charge in [-0.25, -0.2) is 9.98 Å². The van der Waals surface area contributed by atoms with Gasteiger partial charge in [0, 0.05) is 23.8 Å². The van der Waals surface area contributed by atoms with Crippen molar-refractivity contribution in [1.29, 1.82) is 0 Å². The fourth-order valence-electron chi connectivity index (χ4n) is 2.13. The minimum Gasteiger partial charge on any atom is -0.402 e. The molecule has 6 heteroatoms. The molecule has 1 atom stereocenters. The molecule has 0 aromatic carbocycles. The van der Waals surface area contributed by atoms with Crippen molar-refractivity contribution in [3.05, 3.63) is 35.1 Å². The highest BCUT2D eigenvalue weighted by Crippen LogP contribution is 2.24. The molecule has 2 heterocycles. The van der Waals surface area contributed by atoms with Gasteiger partial charge in [0.15, 0.2) is 0 Å². The summed E-state index contributed by atoms with van der Waals surface area (Å²) in [6, 6.07) is 1.74. The number of nitrogens with zero attached hydrogens (tertiary/aromatic N) is 3. The molecule has 102 valence electrons. The topological polar surface area (TPSA) is 81.2 Å². The van der Waals surface area contributed by atoms with Crippen LogP contribution in [0.1, 0.15) is 29.4 Å². The van der Waals surface area contributed by atoms with Gasteiger partial charge in [0.1, 0.15) is 10.3 Å². The van der Waals surface area contributed by atoms with Gasteiger partial charge in [-0.2, -0.15) is 0 Å². The molecule has 1 aliphatic rings. The highest BCUT2D eigenvalue weighted by Gasteiger charge is 2.18. The summed E-state index contributed by atoms with van der Waals surface area (Å²) in [6.45, 7) is 2.06. The van der Waals surface area contributed by atoms with Crippen molar-refractivity contribution in [3.8, 4) is 0 Å². The number of hydrogen-bond acceptors (Lipinski definition) is 5. The SMILES string of the molecule is CC1CCC(N)=CC1=NC(=O)c1cc2nccnc2s1. The van der Waals surface area contributed by atoms with Crippen LogP contribution in [0.25, 0.3) is 10.3 Å². The number of amides is 1. The van der Waals surface area contributed by atoms with Gasteiger partial charge in [0.25, 0.3) is 5.91 Å². The lowest BCUT2D eigenvalue weighted by molar-refractivity contribution is 0.101. The number of fused-ring (bicyclic) bond motifs is 1. The van der Waals surface area contributed by atoms with E-state index in [9.17, 15) is 4.79 Å². The first-order valence-corrected chi connectivity index (χ1v) is 7.24. The molecule has 1 aliphatic carbocycles. The second kappa shape index (κ2) is 5.13. The van der Waals surface area contributed by atoms with Gasteiger partial charge in [-0.1, -0.05) is 6.92 Å². The van der Waals surface area contributed by atoms with Crippen molar-refractivity contribution in [2.75, 3.05) is 0 Å². The average molecular weight is 286 g/mol. The van der Waals surface area contributed by atoms with Crippen molar-refractivity contribution in [2.45, 2.75) is 19.8 Å². The Morgan fingerprint density at radius 1 is 1.45 bits per heavy atom. The molecule has 1 unspecified atom stereocenters. The summed E-state index contributed by atoms with van der Waals surface area (Å²) in [5.74, 6) is 0.0134. The minimum atomic E-state index is -0.248. The predicted molar refractivity (Wildman–Crippen MR) is 79.8 cm³/mol. The first-order chi connectivity index (χ1) is 9.63. The van der Waals surface area contributed by atoms with Crippen LogP contribution in [0, 0.1) is 5.92 Å². The van der Waals surface area contributed by atoms with E-state index in [1.165, 1.54) is 11.3 Å². The Morgan fingerprint density at radius 3 is 3.05 bits per heavy atom. The van der Waals surface area contributed by atoms with Crippen LogP contribution in [0.4, 0.5) is 0 Å². The zero-order valence-corrected chi connectivity index (χ0v) is 11.9. The van der Waals surface area contributed by atoms with Crippen molar-refractivity contribution in [1.82, 2.24) is 9.97 Å². The van der Waals surface area contributed by atoms with Crippen LogP contribution < -0.4 is 5.73 Å². The highest BCUT2D eigenvalue weighted by atomic mass is 32.1. The van der Waals surface area contributed by atoms with Crippen LogP contribution in [-0.2, 0) is 0 Å². The zero-order valence-electron chi connectivity index (χ0n) is 11.0. The van der Waals surface area contributed by atoms with Gasteiger partial charge < -0.3 is 5.73 Å². The smallest absolute Gasteiger partial charge is 0.287 e. The van der Waals surface area contributed by atoms with Crippen LogP contribution in [-0.4, -0.2) is 21.6 Å². The highest BCUT2D eigenvalue weighted by molar-refractivity contribution is 7.20. The van der Waals surface area contributed by atoms with E-state index >= 15 is 0 Å². The van der Waals surface area contributed by atoms with E-state index in [2.05, 4.69) is 21.9 Å². The van der Waals surface area contributed by atoms with Crippen LogP contribution in [0.3, 0.4) is 0 Å². The standard InChI is InChI=1S/C14H14N4OS/c1-8-2-3-9(15)6-10(8)18-13(19)12-7-11-14(20-12)17-5-4-16-11/h4-8H,2-3,15H2,1H3. The predicted octanol–water partition coefficient (Wildman–Crippen LogP) is 2.55. The van der Waals surface area contributed by atoms with Gasteiger partial charge in [0.05, 0.1) is 4.88 Å². The molecule has 1 amide bonds. The van der Waals surface area contributed by atoms with Crippen LogP contribution in [0.2, 0.25) is 0 Å². The molecule has 0 fully saturated rings. The molecule has 0 saturated carbocycles. The largest absolute Gasteiger partial charge is 0.402 e. The Hall–Kier alpha value is -2.08. The fourth-order valence-corrected chi connectivity index (χ4v) is 2.97. The van der Waals surface area contributed by atoms with Crippen LogP contribution in [0.15, 0.2) is 35.2 Å². The van der Waals surface area contributed by atoms with Crippen molar-refractivity contribution in [2.24, 2.45) is 16.6 Å². The molecule has 0 radical (unpaired) electrons. The minimum absolute atomic E-state index is 0.248. The maximum atomic E-state index is 12.2. The molecular weight excluding hydrogens is 272 g/mol. The summed E-state index contributed by atoms with van der Waals surface area (Å²) >= 11 is 1.31. The Labute approximate surface area is 120 Å². The molecule has 2 aromatic heterocycles. The number of aliphatic imine (C=N–C) groups is 1. The maximum absolute atomic E-state index is 12.2. The second-order valence-electron chi connectivity index (χ2n) is 4.86.